The lowest BCUT2D eigenvalue weighted by atomic mass is 9.98. The van der Waals surface area contributed by atoms with Crippen LogP contribution in [0.2, 0.25) is 0 Å². The summed E-state index contributed by atoms with van der Waals surface area (Å²) in [5.41, 5.74) is 5.95. The molecule has 3 N–H and O–H groups in total. The van der Waals surface area contributed by atoms with Gasteiger partial charge in [-0.3, -0.25) is 9.69 Å². The Morgan fingerprint density at radius 2 is 2.00 bits per heavy atom. The van der Waals surface area contributed by atoms with Gasteiger partial charge in [-0.15, -0.1) is 12.4 Å². The molecule has 3 atom stereocenters. The first-order chi connectivity index (χ1) is 8.35. The largest absolute Gasteiger partial charge is 0.405 e. The maximum Gasteiger partial charge on any atom is 0.405 e. The summed E-state index contributed by atoms with van der Waals surface area (Å²) in [6, 6.07) is 0.179. The maximum atomic E-state index is 11.9. The molecule has 0 aromatic carbocycles. The highest BCUT2D eigenvalue weighted by Gasteiger charge is 2.41. The number of nitrogens with two attached hydrogens (primary N) is 1. The number of likely N-dealkylation sites (tertiary alicyclic amines) is 1. The Kier molecular flexibility index (Phi) is 5.46. The third kappa shape index (κ3) is 4.50. The molecule has 2 rings (SSSR count). The summed E-state index contributed by atoms with van der Waals surface area (Å²) in [7, 11) is 0. The van der Waals surface area contributed by atoms with Gasteiger partial charge in [-0.05, 0) is 24.7 Å². The van der Waals surface area contributed by atoms with Crippen molar-refractivity contribution in [2.24, 2.45) is 17.6 Å². The molecule has 1 saturated carbocycles. The number of alkyl halides is 3. The molecule has 2 fully saturated rings. The molecule has 8 heteroatoms. The van der Waals surface area contributed by atoms with Crippen molar-refractivity contribution < 1.29 is 18.0 Å². The highest BCUT2D eigenvalue weighted by atomic mass is 35.5. The second kappa shape index (κ2) is 6.28. The van der Waals surface area contributed by atoms with Crippen molar-refractivity contribution in [3.05, 3.63) is 0 Å². The van der Waals surface area contributed by atoms with Crippen LogP contribution in [0.4, 0.5) is 13.2 Å². The van der Waals surface area contributed by atoms with Crippen molar-refractivity contribution in [1.82, 2.24) is 10.2 Å². The third-order valence-electron chi connectivity index (χ3n) is 3.84. The van der Waals surface area contributed by atoms with Crippen LogP contribution < -0.4 is 11.1 Å². The number of halogens is 4. The first-order valence-corrected chi connectivity index (χ1v) is 6.16. The SMILES string of the molecule is Cl.NC1CCC2CN(CC(=O)NCC(F)(F)F)CC12. The summed E-state index contributed by atoms with van der Waals surface area (Å²) in [5.74, 6) is 0.344. The Morgan fingerprint density at radius 3 is 2.58 bits per heavy atom. The van der Waals surface area contributed by atoms with Crippen LogP contribution in [0, 0.1) is 11.8 Å². The molecule has 0 aromatic rings. The van der Waals surface area contributed by atoms with Crippen molar-refractivity contribution in [3.8, 4) is 0 Å². The zero-order valence-corrected chi connectivity index (χ0v) is 11.3. The molecule has 1 aliphatic heterocycles. The molecule has 112 valence electrons. The maximum absolute atomic E-state index is 11.9. The molecule has 1 saturated heterocycles. The molecule has 0 radical (unpaired) electrons. The summed E-state index contributed by atoms with van der Waals surface area (Å²) in [5, 5.41) is 1.89. The fourth-order valence-electron chi connectivity index (χ4n) is 2.99. The molecular formula is C11H19ClF3N3O. The van der Waals surface area contributed by atoms with E-state index < -0.39 is 18.6 Å². The highest BCUT2D eigenvalue weighted by molar-refractivity contribution is 5.85. The predicted octanol–water partition coefficient (Wildman–Crippen LogP) is 0.756. The summed E-state index contributed by atoms with van der Waals surface area (Å²) in [6.07, 6.45) is -2.27. The molecule has 19 heavy (non-hydrogen) atoms. The number of carbonyl (C=O) groups excluding carboxylic acids is 1. The molecule has 1 heterocycles. The van der Waals surface area contributed by atoms with E-state index >= 15 is 0 Å². The Labute approximate surface area is 116 Å². The minimum Gasteiger partial charge on any atom is -0.346 e. The standard InChI is InChI=1S/C11H18F3N3O.ClH/c12-11(13,14)6-16-10(18)5-17-3-7-1-2-9(15)8(7)4-17;/h7-9H,1-6,15H2,(H,16,18);1H. The van der Waals surface area contributed by atoms with Crippen LogP contribution in [0.3, 0.4) is 0 Å². The van der Waals surface area contributed by atoms with Gasteiger partial charge in [0, 0.05) is 19.1 Å². The first kappa shape index (κ1) is 16.5. The average Bonchev–Trinajstić information content (AvgIpc) is 2.78. The molecule has 0 bridgehead atoms. The van der Waals surface area contributed by atoms with Gasteiger partial charge in [0.2, 0.25) is 5.91 Å². The van der Waals surface area contributed by atoms with Gasteiger partial charge in [0.1, 0.15) is 6.54 Å². The molecule has 1 amide bonds. The molecule has 2 aliphatic rings. The van der Waals surface area contributed by atoms with E-state index in [1.807, 2.05) is 10.2 Å². The Balaban J connectivity index is 0.00000180. The molecule has 0 aromatic heterocycles. The Bertz CT molecular complexity index is 327. The van der Waals surface area contributed by atoms with Gasteiger partial charge >= 0.3 is 6.18 Å². The Hall–Kier alpha value is -0.530. The smallest absolute Gasteiger partial charge is 0.346 e. The second-order valence-corrected chi connectivity index (χ2v) is 5.25. The van der Waals surface area contributed by atoms with Gasteiger partial charge in [-0.25, -0.2) is 0 Å². The van der Waals surface area contributed by atoms with E-state index in [1.54, 1.807) is 0 Å². The van der Waals surface area contributed by atoms with Crippen LogP contribution in [-0.4, -0.2) is 49.2 Å². The van der Waals surface area contributed by atoms with Crippen LogP contribution in [0.15, 0.2) is 0 Å². The number of nitrogens with one attached hydrogen (secondary N) is 1. The summed E-state index contributed by atoms with van der Waals surface area (Å²) in [4.78, 5) is 13.3. The second-order valence-electron chi connectivity index (χ2n) is 5.25. The van der Waals surface area contributed by atoms with Crippen LogP contribution in [0.25, 0.3) is 0 Å². The van der Waals surface area contributed by atoms with E-state index in [9.17, 15) is 18.0 Å². The van der Waals surface area contributed by atoms with Crippen molar-refractivity contribution >= 4 is 18.3 Å². The van der Waals surface area contributed by atoms with E-state index in [1.165, 1.54) is 0 Å². The van der Waals surface area contributed by atoms with Crippen LogP contribution in [-0.2, 0) is 4.79 Å². The molecule has 4 nitrogen and oxygen atoms in total. The molecular weight excluding hydrogens is 283 g/mol. The fourth-order valence-corrected chi connectivity index (χ4v) is 2.99. The van der Waals surface area contributed by atoms with E-state index in [0.717, 1.165) is 25.9 Å². The molecule has 3 unspecified atom stereocenters. The zero-order valence-electron chi connectivity index (χ0n) is 10.4. The minimum atomic E-state index is -4.35. The van der Waals surface area contributed by atoms with Gasteiger partial charge < -0.3 is 11.1 Å². The summed E-state index contributed by atoms with van der Waals surface area (Å²) < 4.78 is 35.8. The van der Waals surface area contributed by atoms with Crippen molar-refractivity contribution in [1.29, 1.82) is 0 Å². The lowest BCUT2D eigenvalue weighted by Crippen LogP contribution is -2.41. The third-order valence-corrected chi connectivity index (χ3v) is 3.84. The van der Waals surface area contributed by atoms with E-state index in [-0.39, 0.29) is 25.0 Å². The fraction of sp³-hybridized carbons (Fsp3) is 0.909. The highest BCUT2D eigenvalue weighted by Crippen LogP contribution is 2.36. The molecule has 1 aliphatic carbocycles. The van der Waals surface area contributed by atoms with E-state index in [2.05, 4.69) is 0 Å². The van der Waals surface area contributed by atoms with E-state index in [0.29, 0.717) is 11.8 Å². The number of amides is 1. The number of rotatable bonds is 3. The van der Waals surface area contributed by atoms with Crippen molar-refractivity contribution in [2.45, 2.75) is 25.1 Å². The van der Waals surface area contributed by atoms with Gasteiger partial charge in [-0.2, -0.15) is 13.2 Å². The number of fused-ring (bicyclic) bond motifs is 1. The van der Waals surface area contributed by atoms with Gasteiger partial charge in [0.25, 0.3) is 0 Å². The average molecular weight is 302 g/mol. The van der Waals surface area contributed by atoms with Crippen LogP contribution in [0.5, 0.6) is 0 Å². The monoisotopic (exact) mass is 301 g/mol. The number of nitrogens with zero attached hydrogens (tertiary/aromatic N) is 1. The Morgan fingerprint density at radius 1 is 1.32 bits per heavy atom. The van der Waals surface area contributed by atoms with Gasteiger partial charge in [0.15, 0.2) is 0 Å². The zero-order chi connectivity index (χ0) is 13.3. The number of hydrogen-bond donors (Lipinski definition) is 2. The van der Waals surface area contributed by atoms with Crippen molar-refractivity contribution in [2.75, 3.05) is 26.2 Å². The minimum absolute atomic E-state index is 0. The summed E-state index contributed by atoms with van der Waals surface area (Å²) >= 11 is 0. The quantitative estimate of drug-likeness (QED) is 0.809. The van der Waals surface area contributed by atoms with Gasteiger partial charge in [0.05, 0.1) is 6.54 Å². The number of hydrogen-bond acceptors (Lipinski definition) is 3. The predicted molar refractivity (Wildman–Crippen MR) is 66.9 cm³/mol. The normalized spacial score (nSPS) is 30.8. The topological polar surface area (TPSA) is 58.4 Å². The lowest BCUT2D eigenvalue weighted by molar-refractivity contribution is -0.138. The molecule has 0 spiro atoms. The summed E-state index contributed by atoms with van der Waals surface area (Å²) in [6.45, 7) is 0.283. The van der Waals surface area contributed by atoms with Crippen LogP contribution in [0.1, 0.15) is 12.8 Å². The number of carbonyl (C=O) groups is 1. The first-order valence-electron chi connectivity index (χ1n) is 6.16. The van der Waals surface area contributed by atoms with Crippen LogP contribution >= 0.6 is 12.4 Å². The van der Waals surface area contributed by atoms with E-state index in [4.69, 9.17) is 5.73 Å². The van der Waals surface area contributed by atoms with Gasteiger partial charge in [-0.1, -0.05) is 0 Å². The van der Waals surface area contributed by atoms with Crippen molar-refractivity contribution in [3.63, 3.8) is 0 Å². The lowest BCUT2D eigenvalue weighted by Gasteiger charge is -2.18.